The molecule has 1 aromatic carbocycles. The zero-order valence-electron chi connectivity index (χ0n) is 23.4. The van der Waals surface area contributed by atoms with Crippen molar-refractivity contribution < 1.29 is 48.2 Å². The molecule has 5 atom stereocenters. The summed E-state index contributed by atoms with van der Waals surface area (Å²) in [5, 5.41) is 20.4. The zero-order chi connectivity index (χ0) is 27.9. The SMILES string of the molecule is COC1C(CO)OC(OCC2(COC(=O)Oc3c(C(C)C)cccc3C(C)C)CCOCC2)C(OC)C1O. The number of hydrogen-bond donors (Lipinski definition) is 2. The average Bonchev–Trinajstić information content (AvgIpc) is 2.90. The maximum Gasteiger partial charge on any atom is 0.513 e. The minimum Gasteiger partial charge on any atom is -0.433 e. The molecule has 0 radical (unpaired) electrons. The highest BCUT2D eigenvalue weighted by molar-refractivity contribution is 5.66. The van der Waals surface area contributed by atoms with E-state index in [1.54, 1.807) is 0 Å². The first-order valence-corrected chi connectivity index (χ1v) is 13.3. The summed E-state index contributed by atoms with van der Waals surface area (Å²) in [6.07, 6.45) is -3.95. The monoisotopic (exact) mass is 540 g/mol. The molecule has 1 aromatic rings. The Balaban J connectivity index is 1.69. The highest BCUT2D eigenvalue weighted by atomic mass is 16.7. The molecule has 0 saturated carbocycles. The summed E-state index contributed by atoms with van der Waals surface area (Å²) in [4.78, 5) is 12.9. The lowest BCUT2D eigenvalue weighted by Crippen LogP contribution is -2.60. The van der Waals surface area contributed by atoms with Crippen molar-refractivity contribution in [3.8, 4) is 5.75 Å². The molecule has 3 rings (SSSR count). The van der Waals surface area contributed by atoms with Crippen LogP contribution in [-0.4, -0.2) is 94.3 Å². The van der Waals surface area contributed by atoms with E-state index in [2.05, 4.69) is 27.7 Å². The van der Waals surface area contributed by atoms with Crippen LogP contribution in [0.15, 0.2) is 18.2 Å². The van der Waals surface area contributed by atoms with Crippen LogP contribution in [0.2, 0.25) is 0 Å². The van der Waals surface area contributed by atoms with Gasteiger partial charge in [0.1, 0.15) is 36.8 Å². The number of hydrogen-bond acceptors (Lipinski definition) is 10. The molecule has 2 N–H and O–H groups in total. The van der Waals surface area contributed by atoms with Crippen molar-refractivity contribution in [2.24, 2.45) is 5.41 Å². The Kier molecular flexibility index (Phi) is 11.3. The molecule has 0 spiro atoms. The molecule has 0 aliphatic carbocycles. The number of aliphatic hydroxyl groups is 2. The summed E-state index contributed by atoms with van der Waals surface area (Å²) in [6.45, 7) is 9.07. The average molecular weight is 541 g/mol. The van der Waals surface area contributed by atoms with Crippen molar-refractivity contribution in [1.82, 2.24) is 0 Å². The Bertz CT molecular complexity index is 856. The minimum absolute atomic E-state index is 0.0626. The Morgan fingerprint density at radius 2 is 1.63 bits per heavy atom. The fraction of sp³-hybridized carbons (Fsp3) is 0.750. The van der Waals surface area contributed by atoms with Crippen molar-refractivity contribution in [3.05, 3.63) is 29.3 Å². The summed E-state index contributed by atoms with van der Waals surface area (Å²) >= 11 is 0. The third-order valence-corrected chi connectivity index (χ3v) is 7.45. The zero-order valence-corrected chi connectivity index (χ0v) is 23.4. The molecule has 0 bridgehead atoms. The lowest BCUT2D eigenvalue weighted by atomic mass is 9.82. The van der Waals surface area contributed by atoms with Crippen molar-refractivity contribution in [3.63, 3.8) is 0 Å². The van der Waals surface area contributed by atoms with Gasteiger partial charge in [0.15, 0.2) is 6.29 Å². The maximum absolute atomic E-state index is 12.9. The van der Waals surface area contributed by atoms with E-state index in [4.69, 9.17) is 33.2 Å². The minimum atomic E-state index is -1.06. The lowest BCUT2D eigenvalue weighted by Gasteiger charge is -2.44. The van der Waals surface area contributed by atoms with E-state index in [1.807, 2.05) is 18.2 Å². The third kappa shape index (κ3) is 7.24. The fourth-order valence-electron chi connectivity index (χ4n) is 5.04. The van der Waals surface area contributed by atoms with E-state index in [0.29, 0.717) is 31.8 Å². The molecule has 2 fully saturated rings. The smallest absolute Gasteiger partial charge is 0.433 e. The third-order valence-electron chi connectivity index (χ3n) is 7.45. The van der Waals surface area contributed by atoms with Crippen molar-refractivity contribution in [2.45, 2.75) is 83.1 Å². The predicted octanol–water partition coefficient (Wildman–Crippen LogP) is 3.37. The van der Waals surface area contributed by atoms with Crippen LogP contribution >= 0.6 is 0 Å². The molecule has 10 heteroatoms. The molecular weight excluding hydrogens is 496 g/mol. The topological polar surface area (TPSA) is 122 Å². The van der Waals surface area contributed by atoms with E-state index in [0.717, 1.165) is 11.1 Å². The van der Waals surface area contributed by atoms with Gasteiger partial charge in [-0.05, 0) is 35.8 Å². The summed E-state index contributed by atoms with van der Waals surface area (Å²) in [5.74, 6) is 0.897. The van der Waals surface area contributed by atoms with Gasteiger partial charge in [0.05, 0.1) is 13.2 Å². The molecule has 0 amide bonds. The Morgan fingerprint density at radius 3 is 2.16 bits per heavy atom. The Labute approximate surface area is 225 Å². The molecule has 2 aliphatic rings. The number of methoxy groups -OCH3 is 2. The molecule has 2 heterocycles. The van der Waals surface area contributed by atoms with Gasteiger partial charge in [0, 0.05) is 32.8 Å². The number of rotatable bonds is 11. The van der Waals surface area contributed by atoms with Crippen LogP contribution < -0.4 is 4.74 Å². The van der Waals surface area contributed by atoms with Crippen molar-refractivity contribution in [1.29, 1.82) is 0 Å². The highest BCUT2D eigenvalue weighted by Gasteiger charge is 2.47. The second-order valence-electron chi connectivity index (χ2n) is 10.8. The molecule has 0 aromatic heterocycles. The van der Waals surface area contributed by atoms with Crippen molar-refractivity contribution >= 4 is 6.16 Å². The summed E-state index contributed by atoms with van der Waals surface area (Å²) < 4.78 is 39.7. The first kappa shape index (κ1) is 30.7. The van der Waals surface area contributed by atoms with Crippen LogP contribution in [0.1, 0.15) is 63.5 Å². The first-order chi connectivity index (χ1) is 18.2. The second-order valence-corrected chi connectivity index (χ2v) is 10.8. The van der Waals surface area contributed by atoms with E-state index < -0.39 is 42.3 Å². The number of carbonyl (C=O) groups is 1. The van der Waals surface area contributed by atoms with Crippen LogP contribution in [0.4, 0.5) is 4.79 Å². The fourth-order valence-corrected chi connectivity index (χ4v) is 5.04. The van der Waals surface area contributed by atoms with Gasteiger partial charge >= 0.3 is 6.16 Å². The van der Waals surface area contributed by atoms with E-state index in [9.17, 15) is 15.0 Å². The highest BCUT2D eigenvalue weighted by Crippen LogP contribution is 2.36. The predicted molar refractivity (Wildman–Crippen MR) is 138 cm³/mol. The van der Waals surface area contributed by atoms with Gasteiger partial charge < -0.3 is 43.4 Å². The van der Waals surface area contributed by atoms with Crippen LogP contribution in [0.25, 0.3) is 0 Å². The number of carbonyl (C=O) groups excluding carboxylic acids is 1. The van der Waals surface area contributed by atoms with Gasteiger partial charge in [0.25, 0.3) is 0 Å². The van der Waals surface area contributed by atoms with Gasteiger partial charge in [-0.2, -0.15) is 0 Å². The number of ether oxygens (including phenoxy) is 7. The number of benzene rings is 1. The van der Waals surface area contributed by atoms with E-state index in [1.165, 1.54) is 14.2 Å². The molecule has 216 valence electrons. The largest absolute Gasteiger partial charge is 0.513 e. The normalized spacial score (nSPS) is 27.5. The van der Waals surface area contributed by atoms with Gasteiger partial charge in [-0.15, -0.1) is 0 Å². The van der Waals surface area contributed by atoms with Crippen LogP contribution in [0.3, 0.4) is 0 Å². The molecular formula is C28H44O10. The van der Waals surface area contributed by atoms with E-state index >= 15 is 0 Å². The molecule has 2 aliphatic heterocycles. The van der Waals surface area contributed by atoms with Crippen LogP contribution in [0, 0.1) is 5.41 Å². The summed E-state index contributed by atoms with van der Waals surface area (Å²) in [5.41, 5.74) is 1.35. The van der Waals surface area contributed by atoms with Gasteiger partial charge in [-0.1, -0.05) is 45.9 Å². The molecule has 5 unspecified atom stereocenters. The van der Waals surface area contributed by atoms with Gasteiger partial charge in [-0.25, -0.2) is 4.79 Å². The van der Waals surface area contributed by atoms with Gasteiger partial charge in [0.2, 0.25) is 0 Å². The first-order valence-electron chi connectivity index (χ1n) is 13.3. The Morgan fingerprint density at radius 1 is 1.03 bits per heavy atom. The van der Waals surface area contributed by atoms with Crippen LogP contribution in [0.5, 0.6) is 5.75 Å². The molecule has 38 heavy (non-hydrogen) atoms. The van der Waals surface area contributed by atoms with Gasteiger partial charge in [-0.3, -0.25) is 0 Å². The Hall–Kier alpha value is -1.79. The lowest BCUT2D eigenvalue weighted by molar-refractivity contribution is -0.315. The second kappa shape index (κ2) is 14.0. The summed E-state index contributed by atoms with van der Waals surface area (Å²) in [7, 11) is 2.88. The van der Waals surface area contributed by atoms with Crippen molar-refractivity contribution in [2.75, 3.05) is 47.3 Å². The van der Waals surface area contributed by atoms with Crippen LogP contribution in [-0.2, 0) is 28.4 Å². The standard InChI is InChI=1S/C28H44O10/c1-17(2)19-8-7-9-20(18(3)4)23(19)38-27(31)36-16-28(10-12-34-13-11-28)15-35-26-25(33-6)22(30)24(32-5)21(14-29)37-26/h7-9,17-18,21-22,24-26,29-30H,10-16H2,1-6H3. The molecule has 10 nitrogen and oxygen atoms in total. The van der Waals surface area contributed by atoms with E-state index in [-0.39, 0.29) is 31.7 Å². The quantitative estimate of drug-likeness (QED) is 0.319. The maximum atomic E-state index is 12.9. The molecule has 2 saturated heterocycles. The summed E-state index contributed by atoms with van der Waals surface area (Å²) in [6, 6.07) is 5.90. The number of aliphatic hydroxyl groups excluding tert-OH is 2. The number of para-hydroxylation sites is 1.